The summed E-state index contributed by atoms with van der Waals surface area (Å²) in [7, 11) is 7.08. The Balaban J connectivity index is 2.63. The zero-order chi connectivity index (χ0) is 14.0. The quantitative estimate of drug-likeness (QED) is 0.918. The number of methoxy groups -OCH3 is 2. The molecule has 2 aromatic rings. The van der Waals surface area contributed by atoms with Crippen molar-refractivity contribution in [1.82, 2.24) is 9.78 Å². The lowest BCUT2D eigenvalue weighted by molar-refractivity contribution is 0.394. The number of rotatable bonds is 4. The van der Waals surface area contributed by atoms with Crippen LogP contribution in [0.4, 0.5) is 5.82 Å². The maximum absolute atomic E-state index is 5.48. The third-order valence-electron chi connectivity index (χ3n) is 3.12. The van der Waals surface area contributed by atoms with Gasteiger partial charge in [0.15, 0.2) is 0 Å². The lowest BCUT2D eigenvalue weighted by Crippen LogP contribution is -1.99. The zero-order valence-corrected chi connectivity index (χ0v) is 11.9. The molecule has 1 aromatic carbocycles. The van der Waals surface area contributed by atoms with E-state index in [0.29, 0.717) is 0 Å². The molecule has 0 unspecified atom stereocenters. The molecule has 102 valence electrons. The Morgan fingerprint density at radius 1 is 1.16 bits per heavy atom. The Kier molecular flexibility index (Phi) is 3.64. The summed E-state index contributed by atoms with van der Waals surface area (Å²) < 4.78 is 12.6. The number of aryl methyl sites for hydroxylation is 2. The Morgan fingerprint density at radius 2 is 1.89 bits per heavy atom. The molecule has 19 heavy (non-hydrogen) atoms. The molecule has 5 heteroatoms. The normalized spacial score (nSPS) is 10.4. The highest BCUT2D eigenvalue weighted by atomic mass is 16.5. The van der Waals surface area contributed by atoms with Gasteiger partial charge in [-0.3, -0.25) is 4.68 Å². The summed E-state index contributed by atoms with van der Waals surface area (Å²) in [5.74, 6) is 2.39. The molecule has 0 fully saturated rings. The Morgan fingerprint density at radius 3 is 2.42 bits per heavy atom. The molecule has 0 aliphatic rings. The molecule has 0 aliphatic carbocycles. The molecule has 0 bridgehead atoms. The fourth-order valence-corrected chi connectivity index (χ4v) is 2.15. The van der Waals surface area contributed by atoms with Crippen molar-refractivity contribution in [1.29, 1.82) is 0 Å². The van der Waals surface area contributed by atoms with E-state index in [9.17, 15) is 0 Å². The van der Waals surface area contributed by atoms with Crippen molar-refractivity contribution in [2.75, 3.05) is 26.6 Å². The maximum atomic E-state index is 5.48. The monoisotopic (exact) mass is 261 g/mol. The topological polar surface area (TPSA) is 48.3 Å². The van der Waals surface area contributed by atoms with E-state index < -0.39 is 0 Å². The van der Waals surface area contributed by atoms with Gasteiger partial charge in [-0.05, 0) is 18.6 Å². The van der Waals surface area contributed by atoms with Crippen LogP contribution in [-0.2, 0) is 7.05 Å². The van der Waals surface area contributed by atoms with Crippen LogP contribution in [-0.4, -0.2) is 31.0 Å². The van der Waals surface area contributed by atoms with E-state index in [2.05, 4.69) is 10.4 Å². The summed E-state index contributed by atoms with van der Waals surface area (Å²) >= 11 is 0. The molecule has 5 nitrogen and oxygen atoms in total. The predicted octanol–water partition coefficient (Wildman–Crippen LogP) is 2.45. The summed E-state index contributed by atoms with van der Waals surface area (Å²) in [6.45, 7) is 2.03. The molecule has 0 saturated carbocycles. The second kappa shape index (κ2) is 5.22. The molecule has 0 aliphatic heterocycles. The first-order chi connectivity index (χ1) is 9.10. The van der Waals surface area contributed by atoms with Crippen LogP contribution >= 0.6 is 0 Å². The van der Waals surface area contributed by atoms with E-state index in [0.717, 1.165) is 34.1 Å². The number of hydrogen-bond acceptors (Lipinski definition) is 4. The van der Waals surface area contributed by atoms with Crippen LogP contribution in [0, 0.1) is 6.92 Å². The van der Waals surface area contributed by atoms with Crippen LogP contribution in [0.5, 0.6) is 11.5 Å². The second-order valence-corrected chi connectivity index (χ2v) is 4.31. The minimum Gasteiger partial charge on any atom is -0.497 e. The maximum Gasteiger partial charge on any atom is 0.148 e. The number of anilines is 1. The Bertz CT molecular complexity index is 591. The van der Waals surface area contributed by atoms with Crippen LogP contribution in [0.25, 0.3) is 11.3 Å². The lowest BCUT2D eigenvalue weighted by Gasteiger charge is -2.13. The first-order valence-corrected chi connectivity index (χ1v) is 6.05. The zero-order valence-electron chi connectivity index (χ0n) is 11.9. The van der Waals surface area contributed by atoms with Crippen molar-refractivity contribution in [2.24, 2.45) is 7.05 Å². The molecule has 1 heterocycles. The van der Waals surface area contributed by atoms with Gasteiger partial charge in [0.2, 0.25) is 0 Å². The first kappa shape index (κ1) is 13.3. The molecule has 1 aromatic heterocycles. The summed E-state index contributed by atoms with van der Waals surface area (Å²) in [6.07, 6.45) is 0. The number of ether oxygens (including phenoxy) is 2. The smallest absolute Gasteiger partial charge is 0.148 e. The molecule has 0 spiro atoms. The van der Waals surface area contributed by atoms with Crippen LogP contribution < -0.4 is 14.8 Å². The van der Waals surface area contributed by atoms with Crippen molar-refractivity contribution < 1.29 is 9.47 Å². The summed E-state index contributed by atoms with van der Waals surface area (Å²) in [4.78, 5) is 0. The number of aromatic nitrogens is 2. The average molecular weight is 261 g/mol. The summed E-state index contributed by atoms with van der Waals surface area (Å²) in [5.41, 5.74) is 3.11. The number of nitrogens with zero attached hydrogens (tertiary/aromatic N) is 2. The molecule has 0 atom stereocenters. The van der Waals surface area contributed by atoms with Crippen LogP contribution in [0.15, 0.2) is 18.2 Å². The van der Waals surface area contributed by atoms with Gasteiger partial charge >= 0.3 is 0 Å². The van der Waals surface area contributed by atoms with Gasteiger partial charge in [0, 0.05) is 31.8 Å². The third-order valence-corrected chi connectivity index (χ3v) is 3.12. The second-order valence-electron chi connectivity index (χ2n) is 4.31. The summed E-state index contributed by atoms with van der Waals surface area (Å²) in [6, 6.07) is 5.87. The predicted molar refractivity (Wildman–Crippen MR) is 76.0 cm³/mol. The molecule has 2 rings (SSSR count). The first-order valence-electron chi connectivity index (χ1n) is 6.05. The molecule has 0 saturated heterocycles. The van der Waals surface area contributed by atoms with Crippen LogP contribution in [0.2, 0.25) is 0 Å². The molecule has 0 amide bonds. The minimum atomic E-state index is 0.780. The highest BCUT2D eigenvalue weighted by molar-refractivity contribution is 5.74. The third kappa shape index (κ3) is 2.36. The van der Waals surface area contributed by atoms with Crippen molar-refractivity contribution in [3.8, 4) is 22.8 Å². The number of benzene rings is 1. The molecular formula is C14H19N3O2. The van der Waals surface area contributed by atoms with Gasteiger partial charge in [-0.25, -0.2) is 0 Å². The van der Waals surface area contributed by atoms with Crippen LogP contribution in [0.1, 0.15) is 5.56 Å². The highest BCUT2D eigenvalue weighted by Crippen LogP contribution is 2.37. The van der Waals surface area contributed by atoms with E-state index >= 15 is 0 Å². The van der Waals surface area contributed by atoms with Gasteiger partial charge in [-0.2, -0.15) is 5.10 Å². The standard InChI is InChI=1S/C14H19N3O2/c1-9-6-10(18-4)7-12(19-5)14(9)11-8-13(15-2)16-17(11)3/h6-8H,1-5H3,(H,15,16). The molecule has 0 radical (unpaired) electrons. The molecule has 1 N–H and O–H groups in total. The molecular weight excluding hydrogens is 242 g/mol. The lowest BCUT2D eigenvalue weighted by atomic mass is 10.0. The van der Waals surface area contributed by atoms with Gasteiger partial charge < -0.3 is 14.8 Å². The van der Waals surface area contributed by atoms with E-state index in [4.69, 9.17) is 9.47 Å². The van der Waals surface area contributed by atoms with E-state index in [1.165, 1.54) is 0 Å². The average Bonchev–Trinajstić information content (AvgIpc) is 2.78. The van der Waals surface area contributed by atoms with Crippen molar-refractivity contribution in [3.05, 3.63) is 23.8 Å². The number of hydrogen-bond donors (Lipinski definition) is 1. The van der Waals surface area contributed by atoms with Crippen LogP contribution in [0.3, 0.4) is 0 Å². The SMILES string of the molecule is CNc1cc(-c2c(C)cc(OC)cc2OC)n(C)n1. The largest absolute Gasteiger partial charge is 0.497 e. The van der Waals surface area contributed by atoms with E-state index in [1.54, 1.807) is 14.2 Å². The van der Waals surface area contributed by atoms with E-state index in [1.807, 2.05) is 43.9 Å². The fraction of sp³-hybridized carbons (Fsp3) is 0.357. The van der Waals surface area contributed by atoms with Gasteiger partial charge in [0.1, 0.15) is 17.3 Å². The van der Waals surface area contributed by atoms with Gasteiger partial charge in [-0.15, -0.1) is 0 Å². The van der Waals surface area contributed by atoms with Gasteiger partial charge in [-0.1, -0.05) is 0 Å². The fourth-order valence-electron chi connectivity index (χ4n) is 2.15. The Labute approximate surface area is 113 Å². The van der Waals surface area contributed by atoms with Crippen molar-refractivity contribution >= 4 is 5.82 Å². The van der Waals surface area contributed by atoms with Crippen molar-refractivity contribution in [2.45, 2.75) is 6.92 Å². The van der Waals surface area contributed by atoms with E-state index in [-0.39, 0.29) is 0 Å². The Hall–Kier alpha value is -2.17. The summed E-state index contributed by atoms with van der Waals surface area (Å²) in [5, 5.41) is 7.42. The van der Waals surface area contributed by atoms with Gasteiger partial charge in [0.05, 0.1) is 19.9 Å². The highest BCUT2D eigenvalue weighted by Gasteiger charge is 2.16. The van der Waals surface area contributed by atoms with Crippen molar-refractivity contribution in [3.63, 3.8) is 0 Å². The van der Waals surface area contributed by atoms with Gasteiger partial charge in [0.25, 0.3) is 0 Å². The number of nitrogens with one attached hydrogen (secondary N) is 1. The minimum absolute atomic E-state index is 0.780.